The van der Waals surface area contributed by atoms with Crippen molar-refractivity contribution in [1.82, 2.24) is 0 Å². The highest BCUT2D eigenvalue weighted by Crippen LogP contribution is 2.63. The summed E-state index contributed by atoms with van der Waals surface area (Å²) in [5.41, 5.74) is -1.21. The minimum atomic E-state index is -0.647. The zero-order valence-electron chi connectivity index (χ0n) is 16.6. The molecule has 0 aromatic heterocycles. The van der Waals surface area contributed by atoms with Gasteiger partial charge in [-0.3, -0.25) is 0 Å². The van der Waals surface area contributed by atoms with Gasteiger partial charge in [-0.2, -0.15) is 0 Å². The zero-order valence-corrected chi connectivity index (χ0v) is 18.1. The summed E-state index contributed by atoms with van der Waals surface area (Å²) in [5.74, 6) is 4.67. The van der Waals surface area contributed by atoms with Crippen molar-refractivity contribution in [3.05, 3.63) is 0 Å². The van der Waals surface area contributed by atoms with Crippen LogP contribution in [0, 0.1) is 46.3 Å². The molecule has 8 bridgehead atoms. The number of hydrogen-bond donors (Lipinski definition) is 0. The molecule has 0 aliphatic heterocycles. The van der Waals surface area contributed by atoms with Crippen LogP contribution >= 0.6 is 23.2 Å². The van der Waals surface area contributed by atoms with Crippen LogP contribution in [-0.2, 0) is 9.47 Å². The van der Waals surface area contributed by atoms with Crippen LogP contribution in [0.4, 0.5) is 4.79 Å². The fourth-order valence-electron chi connectivity index (χ4n) is 9.36. The monoisotopic (exact) mass is 426 g/mol. The molecule has 0 radical (unpaired) electrons. The lowest BCUT2D eigenvalue weighted by Gasteiger charge is -2.58. The van der Waals surface area contributed by atoms with Gasteiger partial charge in [0, 0.05) is 10.8 Å². The molecule has 2 atom stereocenters. The van der Waals surface area contributed by atoms with Gasteiger partial charge in [-0.05, 0) is 113 Å². The first-order valence-electron chi connectivity index (χ1n) is 11.6. The van der Waals surface area contributed by atoms with Gasteiger partial charge >= 0.3 is 6.16 Å². The van der Waals surface area contributed by atoms with Crippen molar-refractivity contribution in [2.75, 3.05) is 0 Å². The molecule has 5 heteroatoms. The van der Waals surface area contributed by atoms with Crippen LogP contribution in [0.2, 0.25) is 0 Å². The maximum absolute atomic E-state index is 12.6. The Kier molecular flexibility index (Phi) is 4.27. The minimum absolute atomic E-state index is 0.0299. The summed E-state index contributed by atoms with van der Waals surface area (Å²) in [4.78, 5) is 12.6. The van der Waals surface area contributed by atoms with Crippen molar-refractivity contribution in [2.45, 2.75) is 88.2 Å². The lowest BCUT2D eigenvalue weighted by Crippen LogP contribution is -2.52. The topological polar surface area (TPSA) is 35.5 Å². The van der Waals surface area contributed by atoms with E-state index in [4.69, 9.17) is 32.7 Å². The number of alkyl halides is 2. The molecular weight excluding hydrogens is 395 g/mol. The fourth-order valence-corrected chi connectivity index (χ4v) is 10.0. The van der Waals surface area contributed by atoms with Crippen LogP contribution in [0.3, 0.4) is 0 Å². The van der Waals surface area contributed by atoms with E-state index >= 15 is 0 Å². The standard InChI is InChI=1S/C23H32Cl2O3/c24-19(22-7-13-1-14(8-22)3-15(2-13)9-22)27-21(26)28-20(25)23-10-16-4-17(11-23)6-18(5-16)12-23/h13-20H,1-12H2. The molecule has 0 N–H and O–H groups in total. The second kappa shape index (κ2) is 6.42. The van der Waals surface area contributed by atoms with Gasteiger partial charge in [-0.25, -0.2) is 4.79 Å². The molecule has 8 aliphatic carbocycles. The third-order valence-corrected chi connectivity index (χ3v) is 10.6. The summed E-state index contributed by atoms with van der Waals surface area (Å²) in [5, 5.41) is 0. The number of carbonyl (C=O) groups is 1. The average molecular weight is 427 g/mol. The third kappa shape index (κ3) is 2.93. The second-order valence-corrected chi connectivity index (χ2v) is 12.5. The molecule has 28 heavy (non-hydrogen) atoms. The van der Waals surface area contributed by atoms with E-state index in [9.17, 15) is 4.79 Å². The van der Waals surface area contributed by atoms with E-state index in [2.05, 4.69) is 0 Å². The highest BCUT2D eigenvalue weighted by Gasteiger charge is 2.57. The maximum Gasteiger partial charge on any atom is 0.511 e. The predicted octanol–water partition coefficient (Wildman–Crippen LogP) is 6.70. The van der Waals surface area contributed by atoms with E-state index in [0.717, 1.165) is 74.0 Å². The minimum Gasteiger partial charge on any atom is -0.414 e. The zero-order chi connectivity index (χ0) is 19.1. The molecule has 0 amide bonds. The van der Waals surface area contributed by atoms with Crippen LogP contribution in [0.15, 0.2) is 0 Å². The van der Waals surface area contributed by atoms with Gasteiger partial charge in [0.2, 0.25) is 0 Å². The Morgan fingerprint density at radius 3 is 1.11 bits per heavy atom. The summed E-state index contributed by atoms with van der Waals surface area (Å²) in [6.07, 6.45) is 14.1. The smallest absolute Gasteiger partial charge is 0.414 e. The number of ether oxygens (including phenoxy) is 2. The Labute approximate surface area is 178 Å². The Bertz CT molecular complexity index is 538. The van der Waals surface area contributed by atoms with Crippen LogP contribution in [0.5, 0.6) is 0 Å². The maximum atomic E-state index is 12.6. The van der Waals surface area contributed by atoms with E-state index in [1.807, 2.05) is 0 Å². The molecule has 0 saturated heterocycles. The lowest BCUT2D eigenvalue weighted by molar-refractivity contribution is -0.125. The fraction of sp³-hybridized carbons (Fsp3) is 0.957. The molecule has 8 fully saturated rings. The number of rotatable bonds is 4. The van der Waals surface area contributed by atoms with Gasteiger partial charge in [0.05, 0.1) is 0 Å². The Balaban J connectivity index is 1.10. The van der Waals surface area contributed by atoms with E-state index in [1.165, 1.54) is 38.5 Å². The van der Waals surface area contributed by atoms with Crippen molar-refractivity contribution in [3.8, 4) is 0 Å². The van der Waals surface area contributed by atoms with Gasteiger partial charge in [0.25, 0.3) is 0 Å². The van der Waals surface area contributed by atoms with Crippen molar-refractivity contribution in [2.24, 2.45) is 46.3 Å². The first-order valence-corrected chi connectivity index (χ1v) is 12.4. The SMILES string of the molecule is O=C(OC(Cl)C12CC3CC(CC(C3)C1)C2)OC(Cl)C12CC3CC(CC(C3)C1)C2. The molecule has 156 valence electrons. The molecule has 8 rings (SSSR count). The predicted molar refractivity (Wildman–Crippen MR) is 108 cm³/mol. The highest BCUT2D eigenvalue weighted by atomic mass is 35.5. The third-order valence-electron chi connectivity index (χ3n) is 9.53. The Morgan fingerprint density at radius 1 is 0.607 bits per heavy atom. The van der Waals surface area contributed by atoms with Crippen molar-refractivity contribution >= 4 is 29.4 Å². The molecule has 3 nitrogen and oxygen atoms in total. The van der Waals surface area contributed by atoms with Crippen LogP contribution < -0.4 is 0 Å². The summed E-state index contributed by atoms with van der Waals surface area (Å²) >= 11 is 13.5. The molecular formula is C23H32Cl2O3. The Morgan fingerprint density at radius 2 is 0.857 bits per heavy atom. The van der Waals surface area contributed by atoms with E-state index < -0.39 is 17.3 Å². The van der Waals surface area contributed by atoms with Crippen LogP contribution in [0.1, 0.15) is 77.0 Å². The first-order chi connectivity index (χ1) is 13.4. The van der Waals surface area contributed by atoms with Crippen molar-refractivity contribution in [3.63, 3.8) is 0 Å². The lowest BCUT2D eigenvalue weighted by atomic mass is 9.50. The van der Waals surface area contributed by atoms with Crippen molar-refractivity contribution < 1.29 is 14.3 Å². The van der Waals surface area contributed by atoms with Crippen LogP contribution in [-0.4, -0.2) is 17.3 Å². The normalized spacial score (nSPS) is 52.5. The highest BCUT2D eigenvalue weighted by molar-refractivity contribution is 6.21. The summed E-state index contributed by atoms with van der Waals surface area (Å²) in [6, 6.07) is 0. The van der Waals surface area contributed by atoms with E-state index in [1.54, 1.807) is 0 Å². The molecule has 0 heterocycles. The first kappa shape index (κ1) is 18.6. The summed E-state index contributed by atoms with van der Waals surface area (Å²) in [7, 11) is 0. The number of halogens is 2. The number of carbonyl (C=O) groups excluding carboxylic acids is 1. The molecule has 8 saturated carbocycles. The summed E-state index contributed by atoms with van der Waals surface area (Å²) < 4.78 is 11.4. The van der Waals surface area contributed by atoms with Gasteiger partial charge in [-0.1, -0.05) is 23.2 Å². The number of hydrogen-bond acceptors (Lipinski definition) is 3. The van der Waals surface area contributed by atoms with Gasteiger partial charge in [-0.15, -0.1) is 0 Å². The molecule has 2 unspecified atom stereocenters. The van der Waals surface area contributed by atoms with Gasteiger partial charge in [0.1, 0.15) is 0 Å². The molecule has 0 aromatic rings. The summed E-state index contributed by atoms with van der Waals surface area (Å²) in [6.45, 7) is 0. The van der Waals surface area contributed by atoms with Crippen LogP contribution in [0.25, 0.3) is 0 Å². The van der Waals surface area contributed by atoms with E-state index in [-0.39, 0.29) is 10.8 Å². The van der Waals surface area contributed by atoms with Crippen molar-refractivity contribution in [1.29, 1.82) is 0 Å². The molecule has 0 spiro atoms. The average Bonchev–Trinajstić information content (AvgIpc) is 2.59. The largest absolute Gasteiger partial charge is 0.511 e. The molecule has 0 aromatic carbocycles. The quantitative estimate of drug-likeness (QED) is 0.370. The Hall–Kier alpha value is -0.150. The van der Waals surface area contributed by atoms with Gasteiger partial charge in [0.15, 0.2) is 11.1 Å². The van der Waals surface area contributed by atoms with Gasteiger partial charge < -0.3 is 9.47 Å². The molecule has 8 aliphatic rings. The second-order valence-electron chi connectivity index (χ2n) is 11.7. The van der Waals surface area contributed by atoms with E-state index in [0.29, 0.717) is 0 Å².